The van der Waals surface area contributed by atoms with Crippen LogP contribution < -0.4 is 0 Å². The lowest BCUT2D eigenvalue weighted by Gasteiger charge is -2.09. The highest BCUT2D eigenvalue weighted by Crippen LogP contribution is 2.26. The molecule has 0 aliphatic carbocycles. The number of aromatic nitrogens is 2. The van der Waals surface area contributed by atoms with Crippen LogP contribution in [-0.4, -0.2) is 45.8 Å². The Morgan fingerprint density at radius 2 is 2.21 bits per heavy atom. The Morgan fingerprint density at radius 1 is 1.47 bits per heavy atom. The number of carboxylic acid groups (broad SMARTS) is 1. The van der Waals surface area contributed by atoms with Crippen molar-refractivity contribution in [2.24, 2.45) is 0 Å². The van der Waals surface area contributed by atoms with E-state index in [1.165, 1.54) is 20.9 Å². The van der Waals surface area contributed by atoms with Crippen molar-refractivity contribution in [3.63, 3.8) is 0 Å². The third kappa shape index (κ3) is 3.00. The van der Waals surface area contributed by atoms with Crippen LogP contribution in [0.4, 0.5) is 0 Å². The highest BCUT2D eigenvalue weighted by molar-refractivity contribution is 7.13. The Morgan fingerprint density at radius 3 is 2.79 bits per heavy atom. The van der Waals surface area contributed by atoms with Crippen molar-refractivity contribution in [1.82, 2.24) is 14.7 Å². The van der Waals surface area contributed by atoms with Gasteiger partial charge < -0.3 is 10.0 Å². The Labute approximate surface area is 113 Å². The van der Waals surface area contributed by atoms with Crippen LogP contribution in [-0.2, 0) is 11.3 Å². The molecular formula is C12H13N3O3S. The molecule has 100 valence electrons. The smallest absolute Gasteiger partial charge is 0.336 e. The van der Waals surface area contributed by atoms with Crippen LogP contribution in [0.1, 0.15) is 10.4 Å². The predicted octanol–water partition coefficient (Wildman–Crippen LogP) is 1.40. The number of rotatable bonds is 4. The number of aromatic carboxylic acids is 1. The Kier molecular flexibility index (Phi) is 3.66. The van der Waals surface area contributed by atoms with Gasteiger partial charge in [0.25, 0.3) is 0 Å². The zero-order chi connectivity index (χ0) is 14.0. The molecule has 0 bridgehead atoms. The molecule has 0 unspecified atom stereocenters. The lowest BCUT2D eigenvalue weighted by molar-refractivity contribution is -0.129. The molecule has 2 heterocycles. The molecule has 0 atom stereocenters. The Balaban J connectivity index is 2.16. The molecule has 1 N–H and O–H groups in total. The molecule has 2 aromatic heterocycles. The van der Waals surface area contributed by atoms with Gasteiger partial charge in [0.05, 0.1) is 11.8 Å². The second-order valence-electron chi connectivity index (χ2n) is 4.22. The summed E-state index contributed by atoms with van der Waals surface area (Å²) in [7, 11) is 3.37. The molecule has 1 amide bonds. The van der Waals surface area contributed by atoms with Crippen LogP contribution in [0, 0.1) is 0 Å². The van der Waals surface area contributed by atoms with Gasteiger partial charge in [-0.05, 0) is 6.07 Å². The van der Waals surface area contributed by atoms with Gasteiger partial charge in [0.15, 0.2) is 0 Å². The van der Waals surface area contributed by atoms with Gasteiger partial charge in [-0.15, -0.1) is 11.3 Å². The molecule has 0 radical (unpaired) electrons. The summed E-state index contributed by atoms with van der Waals surface area (Å²) in [5, 5.41) is 14.5. The van der Waals surface area contributed by atoms with E-state index in [9.17, 15) is 9.59 Å². The Bertz CT molecular complexity index is 615. The number of amides is 1. The number of nitrogens with zero attached hydrogens (tertiary/aromatic N) is 3. The highest BCUT2D eigenvalue weighted by Gasteiger charge is 2.11. The maximum Gasteiger partial charge on any atom is 0.336 e. The third-order valence-electron chi connectivity index (χ3n) is 2.56. The van der Waals surface area contributed by atoms with Crippen molar-refractivity contribution < 1.29 is 14.7 Å². The molecule has 2 aromatic rings. The molecule has 6 nitrogen and oxygen atoms in total. The summed E-state index contributed by atoms with van der Waals surface area (Å²) in [4.78, 5) is 24.7. The van der Waals surface area contributed by atoms with Gasteiger partial charge >= 0.3 is 5.97 Å². The molecule has 2 rings (SSSR count). The molecule has 0 aliphatic rings. The van der Waals surface area contributed by atoms with E-state index in [4.69, 9.17) is 5.11 Å². The van der Waals surface area contributed by atoms with Gasteiger partial charge in [-0.2, -0.15) is 5.10 Å². The monoisotopic (exact) mass is 279 g/mol. The number of hydrogen-bond acceptors (Lipinski definition) is 4. The van der Waals surface area contributed by atoms with Gasteiger partial charge in [-0.3, -0.25) is 9.48 Å². The zero-order valence-corrected chi connectivity index (χ0v) is 11.3. The average Bonchev–Trinajstić information content (AvgIpc) is 2.95. The minimum absolute atomic E-state index is 0.0490. The van der Waals surface area contributed by atoms with E-state index >= 15 is 0 Å². The molecular weight excluding hydrogens is 266 g/mol. The second kappa shape index (κ2) is 5.23. The first kappa shape index (κ1) is 13.3. The molecule has 0 fully saturated rings. The van der Waals surface area contributed by atoms with Crippen LogP contribution in [0.5, 0.6) is 0 Å². The normalized spacial score (nSPS) is 10.4. The summed E-state index contributed by atoms with van der Waals surface area (Å²) in [6, 6.07) is 1.60. The highest BCUT2D eigenvalue weighted by atomic mass is 32.1. The Hall–Kier alpha value is -2.15. The fourth-order valence-corrected chi connectivity index (χ4v) is 2.32. The second-order valence-corrected chi connectivity index (χ2v) is 5.13. The average molecular weight is 279 g/mol. The number of carboxylic acids is 1. The summed E-state index contributed by atoms with van der Waals surface area (Å²) >= 11 is 1.34. The number of thiophene rings is 1. The van der Waals surface area contributed by atoms with E-state index in [2.05, 4.69) is 5.10 Å². The first-order valence-electron chi connectivity index (χ1n) is 5.52. The van der Waals surface area contributed by atoms with E-state index in [0.29, 0.717) is 0 Å². The molecule has 19 heavy (non-hydrogen) atoms. The third-order valence-corrected chi connectivity index (χ3v) is 3.54. The van der Waals surface area contributed by atoms with Crippen molar-refractivity contribution in [2.45, 2.75) is 6.54 Å². The van der Waals surface area contributed by atoms with E-state index in [-0.39, 0.29) is 18.0 Å². The molecule has 0 saturated heterocycles. The van der Waals surface area contributed by atoms with Gasteiger partial charge in [0.2, 0.25) is 5.91 Å². The summed E-state index contributed by atoms with van der Waals surface area (Å²) < 4.78 is 1.54. The summed E-state index contributed by atoms with van der Waals surface area (Å²) in [6.45, 7) is 0.171. The van der Waals surface area contributed by atoms with Crippen molar-refractivity contribution in [3.05, 3.63) is 29.4 Å². The van der Waals surface area contributed by atoms with Crippen molar-refractivity contribution in [2.75, 3.05) is 14.1 Å². The molecule has 7 heteroatoms. The van der Waals surface area contributed by atoms with Gasteiger partial charge in [0, 0.05) is 36.1 Å². The van der Waals surface area contributed by atoms with Gasteiger partial charge in [0.1, 0.15) is 6.54 Å². The quantitative estimate of drug-likeness (QED) is 0.918. The van der Waals surface area contributed by atoms with Crippen molar-refractivity contribution in [3.8, 4) is 10.4 Å². The summed E-state index contributed by atoms with van der Waals surface area (Å²) in [6.07, 6.45) is 3.36. The number of carbonyl (C=O) groups excluding carboxylic acids is 1. The number of hydrogen-bond donors (Lipinski definition) is 1. The van der Waals surface area contributed by atoms with Crippen LogP contribution in [0.25, 0.3) is 10.4 Å². The maximum atomic E-state index is 11.5. The number of carbonyl (C=O) groups is 2. The first-order valence-corrected chi connectivity index (χ1v) is 6.40. The summed E-state index contributed by atoms with van der Waals surface area (Å²) in [5.74, 6) is -0.996. The number of likely N-dealkylation sites (N-methyl/N-ethyl adjacent to an activating group) is 1. The zero-order valence-electron chi connectivity index (χ0n) is 10.5. The molecule has 0 spiro atoms. The largest absolute Gasteiger partial charge is 0.478 e. The standard InChI is InChI=1S/C12H13N3O3S/c1-14(2)11(16)6-15-5-9(4-13-15)10-3-8(7-19-10)12(17)18/h3-5,7H,6H2,1-2H3,(H,17,18). The first-order chi connectivity index (χ1) is 8.97. The van der Waals surface area contributed by atoms with E-state index in [0.717, 1.165) is 10.4 Å². The maximum absolute atomic E-state index is 11.5. The minimum Gasteiger partial charge on any atom is -0.478 e. The van der Waals surface area contributed by atoms with Crippen LogP contribution in [0.15, 0.2) is 23.8 Å². The summed E-state index contributed by atoms with van der Waals surface area (Å²) in [5.41, 5.74) is 1.07. The van der Waals surface area contributed by atoms with Crippen LogP contribution in [0.3, 0.4) is 0 Å². The lowest BCUT2D eigenvalue weighted by atomic mass is 10.2. The van der Waals surface area contributed by atoms with Gasteiger partial charge in [-0.1, -0.05) is 0 Å². The van der Waals surface area contributed by atoms with Crippen molar-refractivity contribution in [1.29, 1.82) is 0 Å². The fraction of sp³-hybridized carbons (Fsp3) is 0.250. The van der Waals surface area contributed by atoms with Crippen LogP contribution in [0.2, 0.25) is 0 Å². The van der Waals surface area contributed by atoms with Gasteiger partial charge in [-0.25, -0.2) is 4.79 Å². The molecule has 0 aromatic carbocycles. The fourth-order valence-electron chi connectivity index (χ4n) is 1.46. The van der Waals surface area contributed by atoms with Crippen LogP contribution >= 0.6 is 11.3 Å². The molecule has 0 aliphatic heterocycles. The van der Waals surface area contributed by atoms with E-state index in [1.54, 1.807) is 37.9 Å². The SMILES string of the molecule is CN(C)C(=O)Cn1cc(-c2cc(C(=O)O)cs2)cn1. The minimum atomic E-state index is -0.947. The van der Waals surface area contributed by atoms with E-state index in [1.807, 2.05) is 0 Å². The molecule has 0 saturated carbocycles. The van der Waals surface area contributed by atoms with E-state index < -0.39 is 5.97 Å². The predicted molar refractivity (Wildman–Crippen MR) is 71.2 cm³/mol. The lowest BCUT2D eigenvalue weighted by Crippen LogP contribution is -2.26. The van der Waals surface area contributed by atoms with Crippen molar-refractivity contribution >= 4 is 23.2 Å². The topological polar surface area (TPSA) is 75.4 Å².